The standard InChI is InChI=1S/C12H20N2OS/c1-4-10(2)14(3)8-7-13-12(15)11-6-5-9-16-11/h5-6,9-10H,4,7-8H2,1-3H3,(H,13,15)/t10-/m1/s1. The number of carbonyl (C=O) groups excluding carboxylic acids is 1. The molecule has 0 spiro atoms. The van der Waals surface area contributed by atoms with Gasteiger partial charge in [0.1, 0.15) is 0 Å². The minimum absolute atomic E-state index is 0.0348. The maximum Gasteiger partial charge on any atom is 0.261 e. The first-order valence-electron chi connectivity index (χ1n) is 5.67. The molecule has 1 amide bonds. The van der Waals surface area contributed by atoms with Gasteiger partial charge in [-0.25, -0.2) is 0 Å². The molecule has 3 nitrogen and oxygen atoms in total. The molecular weight excluding hydrogens is 220 g/mol. The Kier molecular flexibility index (Phi) is 5.49. The molecule has 0 unspecified atom stereocenters. The average Bonchev–Trinajstić information content (AvgIpc) is 2.81. The third-order valence-electron chi connectivity index (χ3n) is 2.84. The SMILES string of the molecule is CC[C@@H](C)N(C)CCNC(=O)c1cccs1. The molecule has 16 heavy (non-hydrogen) atoms. The van der Waals surface area contributed by atoms with Gasteiger partial charge in [-0.15, -0.1) is 11.3 Å². The molecule has 1 atom stereocenters. The summed E-state index contributed by atoms with van der Waals surface area (Å²) in [4.78, 5) is 14.6. The van der Waals surface area contributed by atoms with Gasteiger partial charge < -0.3 is 10.2 Å². The van der Waals surface area contributed by atoms with Gasteiger partial charge in [0.25, 0.3) is 5.91 Å². The molecule has 1 aromatic rings. The van der Waals surface area contributed by atoms with Crippen molar-refractivity contribution in [1.29, 1.82) is 0 Å². The third-order valence-corrected chi connectivity index (χ3v) is 3.71. The van der Waals surface area contributed by atoms with Gasteiger partial charge in [0.2, 0.25) is 0 Å². The highest BCUT2D eigenvalue weighted by Gasteiger charge is 2.08. The summed E-state index contributed by atoms with van der Waals surface area (Å²) in [5.41, 5.74) is 0. The normalized spacial score (nSPS) is 12.8. The molecule has 1 N–H and O–H groups in total. The number of rotatable bonds is 6. The molecule has 0 aliphatic heterocycles. The summed E-state index contributed by atoms with van der Waals surface area (Å²) in [6.07, 6.45) is 1.13. The van der Waals surface area contributed by atoms with E-state index < -0.39 is 0 Å². The molecule has 0 saturated heterocycles. The van der Waals surface area contributed by atoms with E-state index in [0.717, 1.165) is 17.8 Å². The maximum absolute atomic E-state index is 11.6. The number of nitrogens with zero attached hydrogens (tertiary/aromatic N) is 1. The number of carbonyl (C=O) groups is 1. The van der Waals surface area contributed by atoms with Gasteiger partial charge in [-0.05, 0) is 31.8 Å². The van der Waals surface area contributed by atoms with Gasteiger partial charge in [-0.1, -0.05) is 13.0 Å². The van der Waals surface area contributed by atoms with E-state index in [1.165, 1.54) is 11.3 Å². The fourth-order valence-corrected chi connectivity index (χ4v) is 2.01. The van der Waals surface area contributed by atoms with Crippen LogP contribution >= 0.6 is 11.3 Å². The Morgan fingerprint density at radius 2 is 2.38 bits per heavy atom. The number of hydrogen-bond acceptors (Lipinski definition) is 3. The zero-order chi connectivity index (χ0) is 12.0. The van der Waals surface area contributed by atoms with Gasteiger partial charge in [0.05, 0.1) is 4.88 Å². The Morgan fingerprint density at radius 3 is 2.94 bits per heavy atom. The topological polar surface area (TPSA) is 32.3 Å². The molecule has 0 fully saturated rings. The molecule has 0 aliphatic carbocycles. The predicted molar refractivity (Wildman–Crippen MR) is 69.0 cm³/mol. The summed E-state index contributed by atoms with van der Waals surface area (Å²) in [6, 6.07) is 4.31. The molecule has 1 rings (SSSR count). The highest BCUT2D eigenvalue weighted by molar-refractivity contribution is 7.12. The summed E-state index contributed by atoms with van der Waals surface area (Å²) in [5, 5.41) is 4.84. The quantitative estimate of drug-likeness (QED) is 0.827. The Balaban J connectivity index is 2.23. The average molecular weight is 240 g/mol. The second kappa shape index (κ2) is 6.66. The second-order valence-corrected chi connectivity index (χ2v) is 4.92. The molecule has 0 saturated carbocycles. The van der Waals surface area contributed by atoms with E-state index in [2.05, 4.69) is 31.1 Å². The molecule has 1 heterocycles. The van der Waals surface area contributed by atoms with Crippen molar-refractivity contribution in [2.45, 2.75) is 26.3 Å². The van der Waals surface area contributed by atoms with E-state index in [-0.39, 0.29) is 5.91 Å². The van der Waals surface area contributed by atoms with Crippen molar-refractivity contribution in [3.63, 3.8) is 0 Å². The lowest BCUT2D eigenvalue weighted by atomic mass is 10.2. The second-order valence-electron chi connectivity index (χ2n) is 3.97. The molecule has 4 heteroatoms. The van der Waals surface area contributed by atoms with E-state index in [1.54, 1.807) is 0 Å². The molecule has 90 valence electrons. The van der Waals surface area contributed by atoms with Crippen molar-refractivity contribution in [3.8, 4) is 0 Å². The minimum atomic E-state index is 0.0348. The van der Waals surface area contributed by atoms with Crippen LogP contribution in [0.4, 0.5) is 0 Å². The molecular formula is C12H20N2OS. The monoisotopic (exact) mass is 240 g/mol. The maximum atomic E-state index is 11.6. The van der Waals surface area contributed by atoms with Gasteiger partial charge in [0.15, 0.2) is 0 Å². The van der Waals surface area contributed by atoms with Crippen molar-refractivity contribution in [3.05, 3.63) is 22.4 Å². The number of likely N-dealkylation sites (N-methyl/N-ethyl adjacent to an activating group) is 1. The van der Waals surface area contributed by atoms with Crippen LogP contribution in [0.3, 0.4) is 0 Å². The Bertz CT molecular complexity index is 311. The predicted octanol–water partition coefficient (Wildman–Crippen LogP) is 2.21. The van der Waals surface area contributed by atoms with Crippen LogP contribution in [-0.2, 0) is 0 Å². The van der Waals surface area contributed by atoms with Crippen LogP contribution in [0.1, 0.15) is 29.9 Å². The number of hydrogen-bond donors (Lipinski definition) is 1. The van der Waals surface area contributed by atoms with Gasteiger partial charge >= 0.3 is 0 Å². The van der Waals surface area contributed by atoms with E-state index in [1.807, 2.05) is 17.5 Å². The zero-order valence-corrected chi connectivity index (χ0v) is 11.0. The Morgan fingerprint density at radius 1 is 1.62 bits per heavy atom. The summed E-state index contributed by atoms with van der Waals surface area (Å²) < 4.78 is 0. The van der Waals surface area contributed by atoms with Crippen molar-refractivity contribution in [2.24, 2.45) is 0 Å². The van der Waals surface area contributed by atoms with E-state index >= 15 is 0 Å². The first-order chi connectivity index (χ1) is 7.65. The van der Waals surface area contributed by atoms with Crippen molar-refractivity contribution >= 4 is 17.2 Å². The Labute approximate surface area is 101 Å². The van der Waals surface area contributed by atoms with Crippen LogP contribution in [0.5, 0.6) is 0 Å². The van der Waals surface area contributed by atoms with Crippen molar-refractivity contribution < 1.29 is 4.79 Å². The van der Waals surface area contributed by atoms with Crippen LogP contribution in [0.2, 0.25) is 0 Å². The smallest absolute Gasteiger partial charge is 0.261 e. The van der Waals surface area contributed by atoms with Crippen LogP contribution in [0, 0.1) is 0 Å². The van der Waals surface area contributed by atoms with Crippen LogP contribution in [-0.4, -0.2) is 37.0 Å². The summed E-state index contributed by atoms with van der Waals surface area (Å²) in [7, 11) is 2.09. The van der Waals surface area contributed by atoms with E-state index in [4.69, 9.17) is 0 Å². The highest BCUT2D eigenvalue weighted by Crippen LogP contribution is 2.07. The third kappa shape index (κ3) is 3.94. The zero-order valence-electron chi connectivity index (χ0n) is 10.2. The van der Waals surface area contributed by atoms with Crippen LogP contribution in [0.25, 0.3) is 0 Å². The molecule has 0 radical (unpaired) electrons. The lowest BCUT2D eigenvalue weighted by Crippen LogP contribution is -2.36. The highest BCUT2D eigenvalue weighted by atomic mass is 32.1. The lowest BCUT2D eigenvalue weighted by molar-refractivity contribution is 0.0951. The Hall–Kier alpha value is -0.870. The van der Waals surface area contributed by atoms with Crippen LogP contribution in [0.15, 0.2) is 17.5 Å². The number of thiophene rings is 1. The van der Waals surface area contributed by atoms with Gasteiger partial charge in [0, 0.05) is 19.1 Å². The van der Waals surface area contributed by atoms with Gasteiger partial charge in [-0.3, -0.25) is 4.79 Å². The fraction of sp³-hybridized carbons (Fsp3) is 0.583. The first-order valence-corrected chi connectivity index (χ1v) is 6.55. The summed E-state index contributed by atoms with van der Waals surface area (Å²) in [6.45, 7) is 5.97. The lowest BCUT2D eigenvalue weighted by Gasteiger charge is -2.23. The summed E-state index contributed by atoms with van der Waals surface area (Å²) in [5.74, 6) is 0.0348. The molecule has 0 aromatic carbocycles. The molecule has 0 bridgehead atoms. The number of amides is 1. The molecule has 0 aliphatic rings. The fourth-order valence-electron chi connectivity index (χ4n) is 1.37. The first kappa shape index (κ1) is 13.2. The van der Waals surface area contributed by atoms with Crippen molar-refractivity contribution in [1.82, 2.24) is 10.2 Å². The number of nitrogens with one attached hydrogen (secondary N) is 1. The minimum Gasteiger partial charge on any atom is -0.350 e. The van der Waals surface area contributed by atoms with Crippen LogP contribution < -0.4 is 5.32 Å². The van der Waals surface area contributed by atoms with E-state index in [9.17, 15) is 4.79 Å². The van der Waals surface area contributed by atoms with Gasteiger partial charge in [-0.2, -0.15) is 0 Å². The van der Waals surface area contributed by atoms with E-state index in [0.29, 0.717) is 12.6 Å². The molecule has 1 aromatic heterocycles. The largest absolute Gasteiger partial charge is 0.350 e. The van der Waals surface area contributed by atoms with Crippen molar-refractivity contribution in [2.75, 3.05) is 20.1 Å². The summed E-state index contributed by atoms with van der Waals surface area (Å²) >= 11 is 1.48.